The maximum Gasteiger partial charge on any atom is 0.123 e. The van der Waals surface area contributed by atoms with Gasteiger partial charge in [-0.15, -0.1) is 0 Å². The summed E-state index contributed by atoms with van der Waals surface area (Å²) in [6.45, 7) is 4.53. The fourth-order valence-electron chi connectivity index (χ4n) is 1.74. The summed E-state index contributed by atoms with van der Waals surface area (Å²) in [5, 5.41) is 21.8. The van der Waals surface area contributed by atoms with Crippen LogP contribution >= 0.6 is 0 Å². The molecule has 0 fully saturated rings. The third kappa shape index (κ3) is 4.71. The van der Waals surface area contributed by atoms with Crippen molar-refractivity contribution in [2.24, 2.45) is 5.92 Å². The van der Waals surface area contributed by atoms with E-state index >= 15 is 0 Å². The lowest BCUT2D eigenvalue weighted by Gasteiger charge is -2.18. The van der Waals surface area contributed by atoms with Gasteiger partial charge in [-0.05, 0) is 30.5 Å². The van der Waals surface area contributed by atoms with Crippen molar-refractivity contribution in [3.63, 3.8) is 0 Å². The van der Waals surface area contributed by atoms with Crippen LogP contribution in [0.15, 0.2) is 18.2 Å². The highest BCUT2D eigenvalue weighted by molar-refractivity contribution is 5.32. The Kier molecular flexibility index (Phi) is 5.38. The molecule has 1 aromatic carbocycles. The van der Waals surface area contributed by atoms with Crippen molar-refractivity contribution in [2.45, 2.75) is 32.9 Å². The van der Waals surface area contributed by atoms with Crippen LogP contribution < -0.4 is 5.32 Å². The molecule has 0 spiro atoms. The van der Waals surface area contributed by atoms with Gasteiger partial charge in [0.2, 0.25) is 0 Å². The molecule has 17 heavy (non-hydrogen) atoms. The minimum atomic E-state index is -0.371. The molecule has 0 aromatic heterocycles. The molecule has 0 heterocycles. The minimum Gasteiger partial charge on any atom is -0.508 e. The van der Waals surface area contributed by atoms with E-state index in [0.717, 1.165) is 6.42 Å². The topological polar surface area (TPSA) is 52.5 Å². The number of aromatic hydroxyl groups is 1. The van der Waals surface area contributed by atoms with Gasteiger partial charge >= 0.3 is 0 Å². The van der Waals surface area contributed by atoms with E-state index in [1.807, 2.05) is 0 Å². The van der Waals surface area contributed by atoms with Gasteiger partial charge in [0.1, 0.15) is 11.6 Å². The first kappa shape index (κ1) is 13.9. The maximum absolute atomic E-state index is 13.0. The zero-order chi connectivity index (χ0) is 12.8. The third-order valence-corrected chi connectivity index (χ3v) is 2.60. The average molecular weight is 241 g/mol. The number of nitrogens with one attached hydrogen (secondary N) is 1. The highest BCUT2D eigenvalue weighted by atomic mass is 19.1. The first-order valence-corrected chi connectivity index (χ1v) is 5.84. The van der Waals surface area contributed by atoms with E-state index in [2.05, 4.69) is 19.2 Å². The molecular formula is C13H20FNO2. The Morgan fingerprint density at radius 3 is 2.65 bits per heavy atom. The van der Waals surface area contributed by atoms with Crippen LogP contribution in [0, 0.1) is 11.7 Å². The molecule has 1 rings (SSSR count). The Hall–Kier alpha value is -1.13. The second-order valence-electron chi connectivity index (χ2n) is 4.66. The molecule has 0 aliphatic heterocycles. The SMILES string of the molecule is CC(C)CC(CO)NCc1cc(F)ccc1O. The average Bonchev–Trinajstić information content (AvgIpc) is 2.28. The van der Waals surface area contributed by atoms with Crippen LogP contribution in [0.2, 0.25) is 0 Å². The molecule has 3 nitrogen and oxygen atoms in total. The summed E-state index contributed by atoms with van der Waals surface area (Å²) in [7, 11) is 0. The molecule has 1 atom stereocenters. The number of hydrogen-bond donors (Lipinski definition) is 3. The first-order chi connectivity index (χ1) is 8.02. The third-order valence-electron chi connectivity index (χ3n) is 2.60. The van der Waals surface area contributed by atoms with Gasteiger partial charge in [0.05, 0.1) is 6.61 Å². The normalized spacial score (nSPS) is 13.0. The van der Waals surface area contributed by atoms with Crippen molar-refractivity contribution in [2.75, 3.05) is 6.61 Å². The van der Waals surface area contributed by atoms with Gasteiger partial charge in [0, 0.05) is 18.2 Å². The Bertz CT molecular complexity index is 355. The molecule has 1 aromatic rings. The molecule has 0 aliphatic rings. The second-order valence-corrected chi connectivity index (χ2v) is 4.66. The van der Waals surface area contributed by atoms with Gasteiger partial charge in [-0.1, -0.05) is 13.8 Å². The Morgan fingerprint density at radius 2 is 2.06 bits per heavy atom. The maximum atomic E-state index is 13.0. The van der Waals surface area contributed by atoms with Crippen LogP contribution in [-0.2, 0) is 6.54 Å². The summed E-state index contributed by atoms with van der Waals surface area (Å²) in [6, 6.07) is 3.82. The highest BCUT2D eigenvalue weighted by Gasteiger charge is 2.10. The van der Waals surface area contributed by atoms with E-state index in [4.69, 9.17) is 0 Å². The zero-order valence-corrected chi connectivity index (χ0v) is 10.3. The van der Waals surface area contributed by atoms with E-state index in [1.165, 1.54) is 18.2 Å². The van der Waals surface area contributed by atoms with Crippen molar-refractivity contribution in [3.05, 3.63) is 29.6 Å². The zero-order valence-electron chi connectivity index (χ0n) is 10.3. The smallest absolute Gasteiger partial charge is 0.123 e. The van der Waals surface area contributed by atoms with Crippen molar-refractivity contribution < 1.29 is 14.6 Å². The number of phenols is 1. The van der Waals surface area contributed by atoms with Gasteiger partial charge in [-0.2, -0.15) is 0 Å². The van der Waals surface area contributed by atoms with Crippen molar-refractivity contribution in [1.29, 1.82) is 0 Å². The lowest BCUT2D eigenvalue weighted by Crippen LogP contribution is -2.33. The number of halogens is 1. The molecule has 4 heteroatoms. The summed E-state index contributed by atoms with van der Waals surface area (Å²) in [4.78, 5) is 0. The molecular weight excluding hydrogens is 221 g/mol. The summed E-state index contributed by atoms with van der Waals surface area (Å²) in [5.41, 5.74) is 0.507. The quantitative estimate of drug-likeness (QED) is 0.714. The summed E-state index contributed by atoms with van der Waals surface area (Å²) in [6.07, 6.45) is 0.840. The molecule has 0 amide bonds. The molecule has 0 saturated heterocycles. The Labute approximate surface area is 101 Å². The predicted octanol–water partition coefficient (Wildman–Crippen LogP) is 2.03. The molecule has 0 bridgehead atoms. The molecule has 1 unspecified atom stereocenters. The van der Waals surface area contributed by atoms with E-state index in [0.29, 0.717) is 18.0 Å². The monoisotopic (exact) mass is 241 g/mol. The van der Waals surface area contributed by atoms with E-state index in [-0.39, 0.29) is 24.2 Å². The van der Waals surface area contributed by atoms with Gasteiger partial charge in [0.15, 0.2) is 0 Å². The fraction of sp³-hybridized carbons (Fsp3) is 0.538. The van der Waals surface area contributed by atoms with Crippen LogP contribution in [-0.4, -0.2) is 22.9 Å². The predicted molar refractivity (Wildman–Crippen MR) is 65.2 cm³/mol. The van der Waals surface area contributed by atoms with E-state index < -0.39 is 0 Å². The minimum absolute atomic E-state index is 0.0299. The van der Waals surface area contributed by atoms with Gasteiger partial charge in [-0.3, -0.25) is 0 Å². The van der Waals surface area contributed by atoms with Crippen LogP contribution in [0.4, 0.5) is 4.39 Å². The standard InChI is InChI=1S/C13H20FNO2/c1-9(2)5-12(8-16)15-7-10-6-11(14)3-4-13(10)17/h3-4,6,9,12,15-17H,5,7-8H2,1-2H3. The van der Waals surface area contributed by atoms with Crippen LogP contribution in [0.25, 0.3) is 0 Å². The summed E-state index contributed by atoms with van der Waals surface area (Å²) < 4.78 is 13.0. The number of aliphatic hydroxyl groups excluding tert-OH is 1. The van der Waals surface area contributed by atoms with Crippen LogP contribution in [0.1, 0.15) is 25.8 Å². The Balaban J connectivity index is 2.56. The van der Waals surface area contributed by atoms with E-state index in [9.17, 15) is 14.6 Å². The summed E-state index contributed by atoms with van der Waals surface area (Å²) in [5.74, 6) is 0.171. The number of hydrogen-bond acceptors (Lipinski definition) is 3. The summed E-state index contributed by atoms with van der Waals surface area (Å²) >= 11 is 0. The second kappa shape index (κ2) is 6.57. The largest absolute Gasteiger partial charge is 0.508 e. The lowest BCUT2D eigenvalue weighted by atomic mass is 10.0. The van der Waals surface area contributed by atoms with Crippen molar-refractivity contribution >= 4 is 0 Å². The van der Waals surface area contributed by atoms with E-state index in [1.54, 1.807) is 0 Å². The fourth-order valence-corrected chi connectivity index (χ4v) is 1.74. The molecule has 3 N–H and O–H groups in total. The van der Waals surface area contributed by atoms with Crippen LogP contribution in [0.5, 0.6) is 5.75 Å². The Morgan fingerprint density at radius 1 is 1.35 bits per heavy atom. The van der Waals surface area contributed by atoms with Gasteiger partial charge in [0.25, 0.3) is 0 Å². The van der Waals surface area contributed by atoms with Crippen molar-refractivity contribution in [3.8, 4) is 5.75 Å². The highest BCUT2D eigenvalue weighted by Crippen LogP contribution is 2.18. The van der Waals surface area contributed by atoms with Crippen LogP contribution in [0.3, 0.4) is 0 Å². The molecule has 0 radical (unpaired) electrons. The number of aliphatic hydroxyl groups is 1. The lowest BCUT2D eigenvalue weighted by molar-refractivity contribution is 0.223. The first-order valence-electron chi connectivity index (χ1n) is 5.84. The number of rotatable bonds is 6. The number of phenolic OH excluding ortho intramolecular Hbond substituents is 1. The molecule has 0 aliphatic carbocycles. The number of benzene rings is 1. The molecule has 0 saturated carbocycles. The van der Waals surface area contributed by atoms with Gasteiger partial charge < -0.3 is 15.5 Å². The molecule has 96 valence electrons. The van der Waals surface area contributed by atoms with Gasteiger partial charge in [-0.25, -0.2) is 4.39 Å². The van der Waals surface area contributed by atoms with Crippen molar-refractivity contribution in [1.82, 2.24) is 5.32 Å².